The van der Waals surface area contributed by atoms with Gasteiger partial charge in [-0.05, 0) is 112 Å². The first kappa shape index (κ1) is 32.6. The van der Waals surface area contributed by atoms with Gasteiger partial charge in [-0.15, -0.1) is 0 Å². The first-order chi connectivity index (χ1) is 23.3. The zero-order valence-electron chi connectivity index (χ0n) is 28.3. The summed E-state index contributed by atoms with van der Waals surface area (Å²) in [4.78, 5) is 40.3. The van der Waals surface area contributed by atoms with Gasteiger partial charge in [0.05, 0.1) is 6.61 Å². The van der Waals surface area contributed by atoms with Crippen LogP contribution in [-0.4, -0.2) is 67.0 Å². The van der Waals surface area contributed by atoms with E-state index < -0.39 is 6.09 Å². The first-order valence-corrected chi connectivity index (χ1v) is 17.8. The maximum Gasteiger partial charge on any atom is 0.407 e. The number of carbonyl (C=O) groups excluding carboxylic acids is 2. The van der Waals surface area contributed by atoms with Crippen LogP contribution in [0.25, 0.3) is 11.3 Å². The van der Waals surface area contributed by atoms with Crippen LogP contribution in [0.2, 0.25) is 0 Å². The molecule has 3 aromatic rings. The Morgan fingerprint density at radius 1 is 1.00 bits per heavy atom. The smallest absolute Gasteiger partial charge is 0.407 e. The molecule has 8 rings (SSSR count). The summed E-state index contributed by atoms with van der Waals surface area (Å²) >= 11 is 0. The Balaban J connectivity index is 1.09. The molecule has 256 valence electrons. The molecule has 10 heteroatoms. The van der Waals surface area contributed by atoms with Gasteiger partial charge in [-0.25, -0.2) is 14.8 Å². The molecule has 5 aliphatic carbocycles. The number of benzene rings is 1. The number of aliphatic hydroxyl groups is 1. The molecule has 0 radical (unpaired) electrons. The third kappa shape index (κ3) is 6.81. The summed E-state index contributed by atoms with van der Waals surface area (Å²) in [6, 6.07) is 12.7. The average molecular weight is 656 g/mol. The van der Waals surface area contributed by atoms with Crippen molar-refractivity contribution in [2.75, 3.05) is 43.6 Å². The summed E-state index contributed by atoms with van der Waals surface area (Å²) in [5, 5.41) is 11.6. The molecule has 0 spiro atoms. The Bertz CT molecular complexity index is 1570. The van der Waals surface area contributed by atoms with Crippen LogP contribution in [0, 0.1) is 11.3 Å². The number of nitrogens with one attached hydrogen (secondary N) is 1. The second-order valence-corrected chi connectivity index (χ2v) is 14.9. The average Bonchev–Trinajstić information content (AvgIpc) is 3.86. The van der Waals surface area contributed by atoms with Gasteiger partial charge in [-0.2, -0.15) is 0 Å². The number of carbonyl (C=O) groups is 2. The molecule has 0 saturated heterocycles. The summed E-state index contributed by atoms with van der Waals surface area (Å²) in [6.45, 7) is 0.740. The molecule has 2 heterocycles. The highest BCUT2D eigenvalue weighted by Gasteiger charge is 2.51. The zero-order valence-corrected chi connectivity index (χ0v) is 28.3. The number of hydrogen-bond donors (Lipinski definition) is 2. The van der Waals surface area contributed by atoms with Crippen LogP contribution in [0.15, 0.2) is 53.3 Å². The number of fused-ring (bicyclic) bond motifs is 3. The highest BCUT2D eigenvalue weighted by Crippen LogP contribution is 2.58. The molecule has 0 unspecified atom stereocenters. The Morgan fingerprint density at radius 2 is 1.75 bits per heavy atom. The number of ether oxygens (including phenoxy) is 1. The number of nitrogens with zero attached hydrogens (tertiary/aromatic N) is 4. The van der Waals surface area contributed by atoms with Crippen LogP contribution in [0.4, 0.5) is 16.3 Å². The third-order valence-corrected chi connectivity index (χ3v) is 11.6. The number of anilines is 2. The normalized spacial score (nSPS) is 26.6. The minimum atomic E-state index is -0.510. The van der Waals surface area contributed by atoms with Crippen molar-refractivity contribution in [3.8, 4) is 11.3 Å². The molecule has 5 aliphatic rings. The maximum atomic E-state index is 14.6. The van der Waals surface area contributed by atoms with Gasteiger partial charge in [0.25, 0.3) is 0 Å². The number of amides is 2. The van der Waals surface area contributed by atoms with Crippen molar-refractivity contribution in [1.82, 2.24) is 15.3 Å². The van der Waals surface area contributed by atoms with Gasteiger partial charge in [-0.1, -0.05) is 18.2 Å². The van der Waals surface area contributed by atoms with E-state index in [0.29, 0.717) is 38.1 Å². The minimum absolute atomic E-state index is 0.0720. The maximum absolute atomic E-state index is 14.6. The lowest BCUT2D eigenvalue weighted by Gasteiger charge is -2.55. The third-order valence-electron chi connectivity index (χ3n) is 11.6. The molecule has 2 amide bonds. The summed E-state index contributed by atoms with van der Waals surface area (Å²) < 4.78 is 11.4. The predicted molar refractivity (Wildman–Crippen MR) is 184 cm³/mol. The lowest BCUT2D eigenvalue weighted by Crippen LogP contribution is -2.52. The van der Waals surface area contributed by atoms with E-state index in [1.165, 1.54) is 5.56 Å². The van der Waals surface area contributed by atoms with Crippen molar-refractivity contribution in [2.45, 2.75) is 94.5 Å². The molecule has 2 aromatic heterocycles. The second-order valence-electron chi connectivity index (χ2n) is 14.9. The molecule has 10 nitrogen and oxygen atoms in total. The number of oxazole rings is 1. The Kier molecular flexibility index (Phi) is 9.20. The van der Waals surface area contributed by atoms with Crippen molar-refractivity contribution in [3.63, 3.8) is 0 Å². The van der Waals surface area contributed by atoms with Crippen LogP contribution in [0.5, 0.6) is 0 Å². The van der Waals surface area contributed by atoms with Crippen molar-refractivity contribution in [3.05, 3.63) is 60.3 Å². The zero-order chi connectivity index (χ0) is 33.3. The fraction of sp³-hybridized carbons (Fsp3) is 0.579. The molecular formula is C38H49N5O5. The van der Waals surface area contributed by atoms with E-state index >= 15 is 0 Å². The van der Waals surface area contributed by atoms with E-state index in [1.807, 2.05) is 25.1 Å². The lowest BCUT2D eigenvalue weighted by atomic mass is 9.52. The van der Waals surface area contributed by atoms with E-state index in [4.69, 9.17) is 24.2 Å². The van der Waals surface area contributed by atoms with Gasteiger partial charge < -0.3 is 29.4 Å². The topological polar surface area (TPSA) is 121 Å². The number of alkyl carbamates (subject to hydrolysis) is 1. The number of pyridine rings is 1. The molecule has 1 aromatic carbocycles. The largest absolute Gasteiger partial charge is 0.448 e. The molecule has 0 aliphatic heterocycles. The molecule has 48 heavy (non-hydrogen) atoms. The Labute approximate surface area is 283 Å². The predicted octanol–water partition coefficient (Wildman–Crippen LogP) is 6.58. The quantitative estimate of drug-likeness (QED) is 0.238. The number of aliphatic hydroxyl groups excluding tert-OH is 1. The van der Waals surface area contributed by atoms with Crippen molar-refractivity contribution in [1.29, 1.82) is 0 Å². The fourth-order valence-electron chi connectivity index (χ4n) is 8.30. The first-order valence-electron chi connectivity index (χ1n) is 17.8. The highest BCUT2D eigenvalue weighted by atomic mass is 16.6. The van der Waals surface area contributed by atoms with Crippen LogP contribution in [0.3, 0.4) is 0 Å². The fourth-order valence-corrected chi connectivity index (χ4v) is 8.30. The van der Waals surface area contributed by atoms with Gasteiger partial charge >= 0.3 is 6.09 Å². The summed E-state index contributed by atoms with van der Waals surface area (Å²) in [7, 11) is 4.04. The molecule has 5 fully saturated rings. The minimum Gasteiger partial charge on any atom is -0.448 e. The second kappa shape index (κ2) is 13.5. The summed E-state index contributed by atoms with van der Waals surface area (Å²) in [6.07, 6.45) is 14.6. The van der Waals surface area contributed by atoms with Crippen LogP contribution in [-0.2, 0) is 14.9 Å². The summed E-state index contributed by atoms with van der Waals surface area (Å²) in [5.41, 5.74) is 4.28. The molecule has 2 N–H and O–H groups in total. The Morgan fingerprint density at radius 3 is 2.40 bits per heavy atom. The van der Waals surface area contributed by atoms with Crippen molar-refractivity contribution >= 4 is 23.5 Å². The van der Waals surface area contributed by atoms with Crippen molar-refractivity contribution in [2.24, 2.45) is 11.3 Å². The van der Waals surface area contributed by atoms with Gasteiger partial charge in [-0.3, -0.25) is 4.79 Å². The van der Waals surface area contributed by atoms with Crippen LogP contribution < -0.4 is 15.1 Å². The van der Waals surface area contributed by atoms with E-state index in [2.05, 4.69) is 46.7 Å². The van der Waals surface area contributed by atoms with Crippen molar-refractivity contribution < 1.29 is 23.8 Å². The standard InChI is InChI=1S/C38H49N5O5/c1-42(2)33-13-10-29(23-40-33)38-17-14-37(15-18-38,16-19-38)25-43(35(45)27-8-11-31(12-9-27)48-36(46)39-20-21-44)30-5-3-4-28(22-30)32-24-47-34(41-32)26-6-7-26/h3-5,10,13,22-24,26-27,31,44H,6-9,11-12,14-21,25H2,1-2H3,(H,39,46)/t27-,31-,37?,38?. The SMILES string of the molecule is CN(C)c1ccc(C23CCC(CN(c4cccc(-c5coc(C6CC6)n5)c4)C(=O)[C@H]4CC[C@H](OC(=O)NCCO)CC4)(CC2)CC3)cn1. The number of aromatic nitrogens is 2. The van der Waals surface area contributed by atoms with E-state index in [-0.39, 0.29) is 41.9 Å². The highest BCUT2D eigenvalue weighted by molar-refractivity contribution is 5.95. The van der Waals surface area contributed by atoms with E-state index in [1.54, 1.807) is 6.26 Å². The number of hydrogen-bond acceptors (Lipinski definition) is 8. The molecule has 0 atom stereocenters. The van der Waals surface area contributed by atoms with Gasteiger partial charge in [0.2, 0.25) is 5.91 Å². The molecule has 2 bridgehead atoms. The van der Waals surface area contributed by atoms with Gasteiger partial charge in [0.1, 0.15) is 23.9 Å². The number of rotatable bonds is 11. The summed E-state index contributed by atoms with van der Waals surface area (Å²) in [5.74, 6) is 2.25. The lowest BCUT2D eigenvalue weighted by molar-refractivity contribution is -0.124. The van der Waals surface area contributed by atoms with E-state index in [9.17, 15) is 9.59 Å². The monoisotopic (exact) mass is 655 g/mol. The van der Waals surface area contributed by atoms with Gasteiger partial charge in [0, 0.05) is 56.5 Å². The Hall–Kier alpha value is -3.92. The van der Waals surface area contributed by atoms with Crippen LogP contribution in [0.1, 0.15) is 94.4 Å². The van der Waals surface area contributed by atoms with Gasteiger partial charge in [0.15, 0.2) is 5.89 Å². The molecular weight excluding hydrogens is 606 g/mol. The van der Waals surface area contributed by atoms with E-state index in [0.717, 1.165) is 80.0 Å². The van der Waals surface area contributed by atoms with Crippen LogP contribution >= 0.6 is 0 Å². The molecule has 5 saturated carbocycles.